The number of carbonyl (C=O) groups excluding carboxylic acids is 3. The van der Waals surface area contributed by atoms with Gasteiger partial charge in [-0.1, -0.05) is 12.1 Å². The Kier molecular flexibility index (Phi) is 6.72. The molecule has 1 amide bonds. The maximum Gasteiger partial charge on any atom is 0.303 e. The molecule has 2 aliphatic carbocycles. The largest absolute Gasteiger partial charge is 0.507 e. The van der Waals surface area contributed by atoms with E-state index in [9.17, 15) is 39.6 Å². The first-order valence-corrected chi connectivity index (χ1v) is 11.3. The highest BCUT2D eigenvalue weighted by molar-refractivity contribution is 6.31. The van der Waals surface area contributed by atoms with E-state index in [4.69, 9.17) is 9.84 Å². The van der Waals surface area contributed by atoms with Gasteiger partial charge in [0.2, 0.25) is 11.7 Å². The number of phenolic OH excluding ortho intramolecular Hbond substituents is 2. The van der Waals surface area contributed by atoms with Crippen molar-refractivity contribution in [3.8, 4) is 17.2 Å². The molecule has 2 aromatic rings. The fraction of sp³-hybridized carbons (Fsp3) is 0.320. The summed E-state index contributed by atoms with van der Waals surface area (Å²) in [4.78, 5) is 49.1. The highest BCUT2D eigenvalue weighted by Crippen LogP contribution is 2.48. The van der Waals surface area contributed by atoms with Crippen LogP contribution in [0.2, 0.25) is 0 Å². The van der Waals surface area contributed by atoms with Crippen LogP contribution in [0.4, 0.5) is 0 Å². The van der Waals surface area contributed by atoms with Crippen LogP contribution in [0.5, 0.6) is 17.2 Å². The number of aliphatic carboxylic acids is 1. The second kappa shape index (κ2) is 9.64. The summed E-state index contributed by atoms with van der Waals surface area (Å²) in [5.74, 6) is -4.28. The number of methoxy groups -OCH3 is 1. The summed E-state index contributed by atoms with van der Waals surface area (Å²) >= 11 is 0. The number of aromatic hydroxyl groups is 2. The summed E-state index contributed by atoms with van der Waals surface area (Å²) < 4.78 is 5.22. The molecule has 0 aromatic heterocycles. The molecular weight excluding hydrogens is 488 g/mol. The van der Waals surface area contributed by atoms with Crippen LogP contribution >= 0.6 is 0 Å². The quantitative estimate of drug-likeness (QED) is 0.146. The lowest BCUT2D eigenvalue weighted by molar-refractivity contribution is -0.138. The fourth-order valence-electron chi connectivity index (χ4n) is 4.76. The van der Waals surface area contributed by atoms with Crippen molar-refractivity contribution in [1.82, 2.24) is 5.43 Å². The molecule has 0 saturated heterocycles. The Morgan fingerprint density at radius 1 is 1.05 bits per heavy atom. The fourth-order valence-corrected chi connectivity index (χ4v) is 4.76. The van der Waals surface area contributed by atoms with Crippen LogP contribution in [-0.2, 0) is 22.4 Å². The lowest BCUT2D eigenvalue weighted by Gasteiger charge is -2.36. The number of carboxylic acid groups (broad SMARTS) is 1. The first-order chi connectivity index (χ1) is 17.5. The molecule has 4 rings (SSSR count). The smallest absolute Gasteiger partial charge is 0.303 e. The van der Waals surface area contributed by atoms with E-state index >= 15 is 0 Å². The molecule has 12 nitrogen and oxygen atoms in total. The van der Waals surface area contributed by atoms with Gasteiger partial charge in [0.05, 0.1) is 42.5 Å². The molecule has 0 spiro atoms. The number of ketones is 2. The zero-order valence-electron chi connectivity index (χ0n) is 19.7. The summed E-state index contributed by atoms with van der Waals surface area (Å²) in [6.07, 6.45) is -1.38. The number of fused-ring (bicyclic) bond motifs is 3. The number of ether oxygens (including phenoxy) is 1. The number of carbonyl (C=O) groups is 4. The Labute approximate surface area is 209 Å². The van der Waals surface area contributed by atoms with Crippen molar-refractivity contribution in [3.05, 3.63) is 51.6 Å². The summed E-state index contributed by atoms with van der Waals surface area (Å²) in [5, 5.41) is 55.7. The summed E-state index contributed by atoms with van der Waals surface area (Å²) in [5.41, 5.74) is -0.720. The Hall–Kier alpha value is -4.29. The Morgan fingerprint density at radius 3 is 2.38 bits per heavy atom. The van der Waals surface area contributed by atoms with Gasteiger partial charge in [0.25, 0.3) is 0 Å². The second-order valence-electron chi connectivity index (χ2n) is 8.80. The van der Waals surface area contributed by atoms with Gasteiger partial charge in [-0.2, -0.15) is 5.10 Å². The Bertz CT molecular complexity index is 1380. The predicted molar refractivity (Wildman–Crippen MR) is 126 cm³/mol. The first kappa shape index (κ1) is 25.8. The Balaban J connectivity index is 1.74. The van der Waals surface area contributed by atoms with E-state index in [0.29, 0.717) is 0 Å². The third-order valence-corrected chi connectivity index (χ3v) is 6.66. The number of nitrogens with one attached hydrogen (secondary N) is 1. The minimum atomic E-state index is -1.89. The van der Waals surface area contributed by atoms with Crippen molar-refractivity contribution in [2.45, 2.75) is 37.7 Å². The van der Waals surface area contributed by atoms with Gasteiger partial charge in [-0.05, 0) is 18.9 Å². The molecule has 0 fully saturated rings. The maximum absolute atomic E-state index is 13.3. The van der Waals surface area contributed by atoms with E-state index in [2.05, 4.69) is 10.5 Å². The van der Waals surface area contributed by atoms with E-state index < -0.39 is 65.6 Å². The van der Waals surface area contributed by atoms with Crippen LogP contribution in [0.25, 0.3) is 0 Å². The van der Waals surface area contributed by atoms with Crippen molar-refractivity contribution in [2.24, 2.45) is 5.10 Å². The average Bonchev–Trinajstić information content (AvgIpc) is 2.87. The molecule has 12 heteroatoms. The number of hydrogen-bond acceptors (Lipinski definition) is 10. The molecular formula is C25H24N2O10. The highest BCUT2D eigenvalue weighted by atomic mass is 16.5. The van der Waals surface area contributed by atoms with Gasteiger partial charge in [0.1, 0.15) is 22.8 Å². The molecule has 0 heterocycles. The number of nitrogens with zero attached hydrogens (tertiary/aromatic N) is 1. The van der Waals surface area contributed by atoms with Crippen LogP contribution in [0.3, 0.4) is 0 Å². The molecule has 0 aliphatic heterocycles. The molecule has 1 atom stereocenters. The minimum absolute atomic E-state index is 0.00384. The molecule has 0 saturated carbocycles. The van der Waals surface area contributed by atoms with E-state index in [1.807, 2.05) is 0 Å². The SMILES string of the molecule is COc1cccc2c1C(=O)c1c(O)c3c(c(O)c1C2=O)C[C@@](O)(/C(CO)=N\NC(=O)CCC(=O)O)CC3. The third kappa shape index (κ3) is 4.30. The zero-order chi connectivity index (χ0) is 27.1. The van der Waals surface area contributed by atoms with Crippen LogP contribution in [0.15, 0.2) is 23.3 Å². The number of benzene rings is 2. The van der Waals surface area contributed by atoms with E-state index in [1.54, 1.807) is 0 Å². The molecule has 0 unspecified atom stereocenters. The number of aliphatic hydroxyl groups is 2. The lowest BCUT2D eigenvalue weighted by atomic mass is 9.73. The lowest BCUT2D eigenvalue weighted by Crippen LogP contribution is -2.47. The van der Waals surface area contributed by atoms with E-state index in [-0.39, 0.29) is 58.5 Å². The molecule has 2 aromatic carbocycles. The van der Waals surface area contributed by atoms with Gasteiger partial charge in [0.15, 0.2) is 5.78 Å². The van der Waals surface area contributed by atoms with E-state index in [1.165, 1.54) is 25.3 Å². The van der Waals surface area contributed by atoms with E-state index in [0.717, 1.165) is 0 Å². The maximum atomic E-state index is 13.3. The molecule has 2 aliphatic rings. The summed E-state index contributed by atoms with van der Waals surface area (Å²) in [6.45, 7) is -0.784. The summed E-state index contributed by atoms with van der Waals surface area (Å²) in [7, 11) is 1.34. The predicted octanol–water partition coefficient (Wildman–Crippen LogP) is 0.431. The number of amides is 1. The zero-order valence-corrected chi connectivity index (χ0v) is 19.7. The molecule has 0 radical (unpaired) electrons. The van der Waals surface area contributed by atoms with Crippen molar-refractivity contribution >= 4 is 29.2 Å². The molecule has 6 N–H and O–H groups in total. The third-order valence-electron chi connectivity index (χ3n) is 6.66. The van der Waals surface area contributed by atoms with Crippen molar-refractivity contribution in [1.29, 1.82) is 0 Å². The first-order valence-electron chi connectivity index (χ1n) is 11.3. The highest BCUT2D eigenvalue weighted by Gasteiger charge is 2.44. The van der Waals surface area contributed by atoms with Gasteiger partial charge in [-0.25, -0.2) is 5.43 Å². The number of aliphatic hydroxyl groups excluding tert-OH is 1. The van der Waals surface area contributed by atoms with Gasteiger partial charge in [0, 0.05) is 29.5 Å². The molecule has 194 valence electrons. The summed E-state index contributed by atoms with van der Waals surface area (Å²) in [6, 6.07) is 4.41. The number of hydrazone groups is 1. The van der Waals surface area contributed by atoms with Gasteiger partial charge in [-0.15, -0.1) is 0 Å². The van der Waals surface area contributed by atoms with Crippen LogP contribution in [0.1, 0.15) is 62.2 Å². The van der Waals surface area contributed by atoms with Crippen LogP contribution in [0, 0.1) is 0 Å². The number of phenols is 2. The topological polar surface area (TPSA) is 203 Å². The van der Waals surface area contributed by atoms with Gasteiger partial charge in [-0.3, -0.25) is 19.2 Å². The number of carboxylic acids is 1. The monoisotopic (exact) mass is 512 g/mol. The van der Waals surface area contributed by atoms with Crippen LogP contribution < -0.4 is 10.2 Å². The van der Waals surface area contributed by atoms with Crippen molar-refractivity contribution in [2.75, 3.05) is 13.7 Å². The average molecular weight is 512 g/mol. The van der Waals surface area contributed by atoms with Gasteiger partial charge < -0.3 is 30.3 Å². The second-order valence-corrected chi connectivity index (χ2v) is 8.80. The normalized spacial score (nSPS) is 18.5. The van der Waals surface area contributed by atoms with Gasteiger partial charge >= 0.3 is 5.97 Å². The van der Waals surface area contributed by atoms with Crippen LogP contribution in [-0.4, -0.2) is 74.0 Å². The number of hydrogen-bond donors (Lipinski definition) is 6. The molecule has 37 heavy (non-hydrogen) atoms. The molecule has 0 bridgehead atoms. The number of rotatable bonds is 7. The standard InChI is InChI=1S/C25H24N2O10/c1-37-14-4-2-3-12-18(14)24(35)20-19(22(12)33)23(34)13-9-25(36,8-7-11(13)21(20)32)15(10-28)26-27-16(29)5-6-17(30)31/h2-4,28,32,34,36H,5-10H2,1H3,(H,27,29)(H,30,31)/b26-15-/t25-/m1/s1. The van der Waals surface area contributed by atoms with Crippen molar-refractivity contribution < 1.29 is 49.4 Å². The minimum Gasteiger partial charge on any atom is -0.507 e. The Morgan fingerprint density at radius 2 is 1.73 bits per heavy atom. The van der Waals surface area contributed by atoms with Crippen molar-refractivity contribution in [3.63, 3.8) is 0 Å².